The SMILES string of the molecule is COc1cc(CN2C(=O)N(c3ccc(-c4cn[nH]c4)cn3)C[C@H]2CO)ccc1F.S. The fourth-order valence-electron chi connectivity index (χ4n) is 3.37. The van der Waals surface area contributed by atoms with Gasteiger partial charge in [0.15, 0.2) is 11.6 Å². The molecular formula is C20H22FN5O3S. The third kappa shape index (κ3) is 4.10. The molecule has 1 aliphatic rings. The van der Waals surface area contributed by atoms with Crippen molar-refractivity contribution < 1.29 is 19.0 Å². The molecule has 3 heterocycles. The van der Waals surface area contributed by atoms with Crippen LogP contribution in [0.3, 0.4) is 0 Å². The molecular weight excluding hydrogens is 409 g/mol. The highest BCUT2D eigenvalue weighted by Crippen LogP contribution is 2.27. The number of pyridine rings is 1. The lowest BCUT2D eigenvalue weighted by Gasteiger charge is -2.22. The second kappa shape index (κ2) is 9.14. The van der Waals surface area contributed by atoms with E-state index in [1.807, 2.05) is 6.07 Å². The maximum atomic E-state index is 13.7. The number of hydrogen-bond acceptors (Lipinski definition) is 5. The van der Waals surface area contributed by atoms with Gasteiger partial charge in [0.2, 0.25) is 0 Å². The van der Waals surface area contributed by atoms with Crippen LogP contribution < -0.4 is 9.64 Å². The van der Waals surface area contributed by atoms with E-state index in [2.05, 4.69) is 15.2 Å². The summed E-state index contributed by atoms with van der Waals surface area (Å²) in [7, 11) is 1.39. The number of ether oxygens (including phenoxy) is 1. The van der Waals surface area contributed by atoms with Gasteiger partial charge in [0.25, 0.3) is 0 Å². The van der Waals surface area contributed by atoms with Gasteiger partial charge in [0, 0.05) is 30.1 Å². The lowest BCUT2D eigenvalue weighted by molar-refractivity contribution is 0.161. The molecule has 10 heteroatoms. The number of aliphatic hydroxyl groups excluding tert-OH is 1. The largest absolute Gasteiger partial charge is 0.494 e. The number of carbonyl (C=O) groups excluding carboxylic acids is 1. The number of nitrogens with zero attached hydrogens (tertiary/aromatic N) is 4. The maximum Gasteiger partial charge on any atom is 0.326 e. The van der Waals surface area contributed by atoms with Crippen molar-refractivity contribution in [3.05, 3.63) is 60.3 Å². The highest BCUT2D eigenvalue weighted by atomic mass is 32.1. The highest BCUT2D eigenvalue weighted by molar-refractivity contribution is 7.59. The number of rotatable bonds is 6. The number of benzene rings is 1. The van der Waals surface area contributed by atoms with Crippen molar-refractivity contribution in [2.45, 2.75) is 12.6 Å². The minimum Gasteiger partial charge on any atom is -0.494 e. The molecule has 158 valence electrons. The highest BCUT2D eigenvalue weighted by Gasteiger charge is 2.38. The first-order valence-corrected chi connectivity index (χ1v) is 9.07. The lowest BCUT2D eigenvalue weighted by Crippen LogP contribution is -2.36. The summed E-state index contributed by atoms with van der Waals surface area (Å²) < 4.78 is 18.7. The summed E-state index contributed by atoms with van der Waals surface area (Å²) in [5.74, 6) is 0.147. The van der Waals surface area contributed by atoms with Gasteiger partial charge in [-0.3, -0.25) is 10.00 Å². The summed E-state index contributed by atoms with van der Waals surface area (Å²) in [6, 6.07) is 7.42. The minimum atomic E-state index is -0.466. The van der Waals surface area contributed by atoms with Crippen LogP contribution in [0.1, 0.15) is 5.56 Å². The van der Waals surface area contributed by atoms with Crippen LogP contribution in [0.2, 0.25) is 0 Å². The Kier molecular flexibility index (Phi) is 6.58. The van der Waals surface area contributed by atoms with Crippen molar-refractivity contribution in [3.8, 4) is 16.9 Å². The molecule has 8 nitrogen and oxygen atoms in total. The fraction of sp³-hybridized carbons (Fsp3) is 0.250. The number of aliphatic hydroxyl groups is 1. The fourth-order valence-corrected chi connectivity index (χ4v) is 3.37. The number of aromatic amines is 1. The molecule has 30 heavy (non-hydrogen) atoms. The molecule has 0 radical (unpaired) electrons. The molecule has 1 saturated heterocycles. The molecule has 2 amide bonds. The first kappa shape index (κ1) is 21.6. The molecule has 1 fully saturated rings. The summed E-state index contributed by atoms with van der Waals surface area (Å²) >= 11 is 0. The van der Waals surface area contributed by atoms with Crippen molar-refractivity contribution >= 4 is 25.3 Å². The number of H-pyrrole nitrogens is 1. The number of anilines is 1. The van der Waals surface area contributed by atoms with Gasteiger partial charge in [-0.2, -0.15) is 18.6 Å². The number of carbonyl (C=O) groups is 1. The van der Waals surface area contributed by atoms with Crippen LogP contribution in [0, 0.1) is 5.82 Å². The monoisotopic (exact) mass is 431 g/mol. The van der Waals surface area contributed by atoms with Crippen LogP contribution in [0.15, 0.2) is 48.9 Å². The Morgan fingerprint density at radius 3 is 2.73 bits per heavy atom. The Hall–Kier alpha value is -3.11. The molecule has 3 aromatic rings. The van der Waals surface area contributed by atoms with Crippen LogP contribution in [-0.4, -0.2) is 57.5 Å². The summed E-state index contributed by atoms with van der Waals surface area (Å²) in [5, 5.41) is 16.4. The summed E-state index contributed by atoms with van der Waals surface area (Å²) in [6.07, 6.45) is 5.13. The smallest absolute Gasteiger partial charge is 0.326 e. The zero-order valence-electron chi connectivity index (χ0n) is 16.2. The molecule has 2 aromatic heterocycles. The number of amides is 2. The Balaban J connectivity index is 0.00000256. The molecule has 0 spiro atoms. The second-order valence-electron chi connectivity index (χ2n) is 6.72. The molecule has 0 bridgehead atoms. The van der Waals surface area contributed by atoms with Gasteiger partial charge < -0.3 is 14.7 Å². The number of halogens is 1. The van der Waals surface area contributed by atoms with Gasteiger partial charge >= 0.3 is 6.03 Å². The van der Waals surface area contributed by atoms with Gasteiger partial charge in [-0.25, -0.2) is 14.2 Å². The quantitative estimate of drug-likeness (QED) is 0.626. The van der Waals surface area contributed by atoms with Gasteiger partial charge in [-0.05, 0) is 29.8 Å². The number of hydrogen-bond donors (Lipinski definition) is 2. The molecule has 0 saturated carbocycles. The zero-order valence-corrected chi connectivity index (χ0v) is 17.2. The molecule has 0 aliphatic carbocycles. The summed E-state index contributed by atoms with van der Waals surface area (Å²) in [6.45, 7) is 0.351. The Morgan fingerprint density at radius 1 is 1.27 bits per heavy atom. The molecule has 1 aliphatic heterocycles. The zero-order chi connectivity index (χ0) is 20.4. The van der Waals surface area contributed by atoms with E-state index < -0.39 is 11.9 Å². The van der Waals surface area contributed by atoms with Gasteiger partial charge in [-0.1, -0.05) is 6.07 Å². The number of aromatic nitrogens is 3. The van der Waals surface area contributed by atoms with Crippen molar-refractivity contribution in [3.63, 3.8) is 0 Å². The van der Waals surface area contributed by atoms with E-state index in [4.69, 9.17) is 4.74 Å². The minimum absolute atomic E-state index is 0. The molecule has 4 rings (SSSR count). The average molecular weight is 431 g/mol. The van der Waals surface area contributed by atoms with Crippen LogP contribution in [0.5, 0.6) is 5.75 Å². The van der Waals surface area contributed by atoms with Gasteiger partial charge in [0.1, 0.15) is 5.82 Å². The van der Waals surface area contributed by atoms with Gasteiger partial charge in [-0.15, -0.1) is 0 Å². The third-order valence-electron chi connectivity index (χ3n) is 4.95. The van der Waals surface area contributed by atoms with E-state index in [9.17, 15) is 14.3 Å². The predicted molar refractivity (Wildman–Crippen MR) is 114 cm³/mol. The number of urea groups is 1. The third-order valence-corrected chi connectivity index (χ3v) is 4.95. The second-order valence-corrected chi connectivity index (χ2v) is 6.72. The first-order chi connectivity index (χ1) is 14.1. The maximum absolute atomic E-state index is 13.7. The molecule has 1 atom stereocenters. The Morgan fingerprint density at radius 2 is 2.10 bits per heavy atom. The van der Waals surface area contributed by atoms with Crippen molar-refractivity contribution in [2.75, 3.05) is 25.2 Å². The Labute approximate surface area is 179 Å². The van der Waals surface area contributed by atoms with Crippen molar-refractivity contribution in [1.29, 1.82) is 0 Å². The van der Waals surface area contributed by atoms with E-state index >= 15 is 0 Å². The molecule has 2 N–H and O–H groups in total. The van der Waals surface area contributed by atoms with E-state index in [1.54, 1.807) is 41.7 Å². The van der Waals surface area contributed by atoms with Crippen LogP contribution in [0.25, 0.3) is 11.1 Å². The van der Waals surface area contributed by atoms with E-state index in [-0.39, 0.29) is 38.4 Å². The average Bonchev–Trinajstić information content (AvgIpc) is 3.39. The van der Waals surface area contributed by atoms with E-state index in [0.29, 0.717) is 17.9 Å². The van der Waals surface area contributed by atoms with Crippen molar-refractivity contribution in [1.82, 2.24) is 20.1 Å². The standard InChI is InChI=1S/C20H20FN5O3.H2S/c1-29-18-6-13(2-4-17(18)21)10-25-16(12-27)11-26(20(25)28)19-5-3-14(7-22-19)15-8-23-24-9-15;/h2-9,16,27H,10-12H2,1H3,(H,23,24);1H2/t16-;/m0./s1. The number of methoxy groups -OCH3 is 1. The van der Waals surface area contributed by atoms with Crippen LogP contribution in [-0.2, 0) is 6.54 Å². The molecule has 0 unspecified atom stereocenters. The number of nitrogens with one attached hydrogen (secondary N) is 1. The topological polar surface area (TPSA) is 94.6 Å². The lowest BCUT2D eigenvalue weighted by atomic mass is 10.1. The van der Waals surface area contributed by atoms with E-state index in [1.165, 1.54) is 18.1 Å². The summed E-state index contributed by atoms with van der Waals surface area (Å²) in [5.41, 5.74) is 2.49. The predicted octanol–water partition coefficient (Wildman–Crippen LogP) is 2.54. The van der Waals surface area contributed by atoms with Crippen LogP contribution in [0.4, 0.5) is 15.0 Å². The summed E-state index contributed by atoms with van der Waals surface area (Å²) in [4.78, 5) is 20.5. The van der Waals surface area contributed by atoms with E-state index in [0.717, 1.165) is 11.1 Å². The van der Waals surface area contributed by atoms with Crippen molar-refractivity contribution in [2.24, 2.45) is 0 Å². The van der Waals surface area contributed by atoms with Gasteiger partial charge in [0.05, 0.1) is 32.5 Å². The molecule has 1 aromatic carbocycles. The first-order valence-electron chi connectivity index (χ1n) is 9.07. The van der Waals surface area contributed by atoms with Crippen LogP contribution >= 0.6 is 13.5 Å². The normalized spacial score (nSPS) is 16.0. The Bertz CT molecular complexity index is 1000.